The second kappa shape index (κ2) is 7.62. The van der Waals surface area contributed by atoms with Crippen molar-refractivity contribution < 1.29 is 4.74 Å². The van der Waals surface area contributed by atoms with Gasteiger partial charge in [-0.3, -0.25) is 0 Å². The van der Waals surface area contributed by atoms with E-state index in [1.54, 1.807) is 7.11 Å². The topological polar surface area (TPSA) is 33.3 Å². The number of para-hydroxylation sites is 1. The normalized spacial score (nSPS) is 10.0. The van der Waals surface area contributed by atoms with Crippen LogP contribution in [0.1, 0.15) is 0 Å². The zero-order chi connectivity index (χ0) is 16.8. The van der Waals surface area contributed by atoms with E-state index < -0.39 is 0 Å². The lowest BCUT2D eigenvalue weighted by molar-refractivity contribution is 0.415. The third-order valence-corrected chi connectivity index (χ3v) is 3.79. The summed E-state index contributed by atoms with van der Waals surface area (Å²) in [6.07, 6.45) is 0. The summed E-state index contributed by atoms with van der Waals surface area (Å²) >= 11 is 5.44. The largest absolute Gasteiger partial charge is 0.497 e. The van der Waals surface area contributed by atoms with Crippen LogP contribution in [-0.2, 0) is 0 Å². The summed E-state index contributed by atoms with van der Waals surface area (Å²) in [5, 5.41) is 6.99. The molecular formula is C20H18N2OS. The van der Waals surface area contributed by atoms with Crippen LogP contribution in [0, 0.1) is 0 Å². The van der Waals surface area contributed by atoms with Gasteiger partial charge in [0, 0.05) is 23.0 Å². The van der Waals surface area contributed by atoms with Crippen LogP contribution < -0.4 is 15.4 Å². The standard InChI is InChI=1S/C20H18N2OS/c1-23-17-11-7-10-16(14-17)21-20(24)22-19-13-6-5-12-18(19)15-8-3-2-4-9-15/h2-14H,1H3,(H2,21,22,24). The molecular weight excluding hydrogens is 316 g/mol. The van der Waals surface area contributed by atoms with E-state index in [0.29, 0.717) is 5.11 Å². The zero-order valence-electron chi connectivity index (χ0n) is 13.3. The first-order valence-corrected chi connectivity index (χ1v) is 8.03. The Kier molecular flexibility index (Phi) is 5.08. The van der Waals surface area contributed by atoms with E-state index in [4.69, 9.17) is 17.0 Å². The Hall–Kier alpha value is -2.85. The number of benzene rings is 3. The van der Waals surface area contributed by atoms with E-state index in [-0.39, 0.29) is 0 Å². The van der Waals surface area contributed by atoms with E-state index in [0.717, 1.165) is 28.3 Å². The molecule has 4 heteroatoms. The lowest BCUT2D eigenvalue weighted by atomic mass is 10.0. The molecule has 0 bridgehead atoms. The van der Waals surface area contributed by atoms with Crippen LogP contribution in [0.25, 0.3) is 11.1 Å². The van der Waals surface area contributed by atoms with Crippen molar-refractivity contribution in [3.63, 3.8) is 0 Å². The molecule has 120 valence electrons. The Balaban J connectivity index is 1.77. The van der Waals surface area contributed by atoms with Crippen molar-refractivity contribution in [1.29, 1.82) is 0 Å². The second-order valence-corrected chi connectivity index (χ2v) is 5.63. The molecule has 3 nitrogen and oxygen atoms in total. The molecule has 0 atom stereocenters. The molecule has 0 spiro atoms. The predicted octanol–water partition coefficient (Wildman–Crippen LogP) is 5.17. The van der Waals surface area contributed by atoms with Crippen LogP contribution >= 0.6 is 12.2 Å². The van der Waals surface area contributed by atoms with Crippen molar-refractivity contribution in [2.45, 2.75) is 0 Å². The van der Waals surface area contributed by atoms with Gasteiger partial charge in [0.15, 0.2) is 5.11 Å². The number of rotatable bonds is 4. The summed E-state index contributed by atoms with van der Waals surface area (Å²) in [6, 6.07) is 26.0. The number of thiocarbonyl (C=S) groups is 1. The van der Waals surface area contributed by atoms with Gasteiger partial charge in [-0.05, 0) is 36.0 Å². The fraction of sp³-hybridized carbons (Fsp3) is 0.0500. The summed E-state index contributed by atoms with van der Waals surface area (Å²) < 4.78 is 5.23. The SMILES string of the molecule is COc1cccc(NC(=S)Nc2ccccc2-c2ccccc2)c1. The lowest BCUT2D eigenvalue weighted by Gasteiger charge is -2.14. The average Bonchev–Trinajstić information content (AvgIpc) is 2.63. The third kappa shape index (κ3) is 3.91. The van der Waals surface area contributed by atoms with Crippen LogP contribution in [0.3, 0.4) is 0 Å². The molecule has 3 aromatic carbocycles. The van der Waals surface area contributed by atoms with Crippen LogP contribution in [0.15, 0.2) is 78.9 Å². The van der Waals surface area contributed by atoms with Crippen molar-refractivity contribution in [2.75, 3.05) is 17.7 Å². The third-order valence-electron chi connectivity index (χ3n) is 3.59. The number of anilines is 2. The van der Waals surface area contributed by atoms with Gasteiger partial charge in [0.2, 0.25) is 0 Å². The van der Waals surface area contributed by atoms with Gasteiger partial charge in [0.05, 0.1) is 7.11 Å². The van der Waals surface area contributed by atoms with Gasteiger partial charge < -0.3 is 15.4 Å². The number of hydrogen-bond donors (Lipinski definition) is 2. The minimum Gasteiger partial charge on any atom is -0.497 e. The maximum absolute atomic E-state index is 5.44. The Morgan fingerprint density at radius 3 is 2.38 bits per heavy atom. The quantitative estimate of drug-likeness (QED) is 0.645. The summed E-state index contributed by atoms with van der Waals surface area (Å²) in [7, 11) is 1.64. The molecule has 0 saturated heterocycles. The average molecular weight is 334 g/mol. The monoisotopic (exact) mass is 334 g/mol. The van der Waals surface area contributed by atoms with E-state index in [1.165, 1.54) is 0 Å². The van der Waals surface area contributed by atoms with Gasteiger partial charge in [-0.15, -0.1) is 0 Å². The smallest absolute Gasteiger partial charge is 0.175 e. The van der Waals surface area contributed by atoms with Crippen molar-refractivity contribution in [3.05, 3.63) is 78.9 Å². The Labute approximate surface area is 147 Å². The zero-order valence-corrected chi connectivity index (χ0v) is 14.1. The van der Waals surface area contributed by atoms with Crippen molar-refractivity contribution >= 4 is 28.7 Å². The van der Waals surface area contributed by atoms with Gasteiger partial charge in [0.25, 0.3) is 0 Å². The van der Waals surface area contributed by atoms with E-state index in [2.05, 4.69) is 28.8 Å². The maximum Gasteiger partial charge on any atom is 0.175 e. The van der Waals surface area contributed by atoms with Gasteiger partial charge in [-0.25, -0.2) is 0 Å². The van der Waals surface area contributed by atoms with E-state index in [9.17, 15) is 0 Å². The fourth-order valence-corrected chi connectivity index (χ4v) is 2.67. The van der Waals surface area contributed by atoms with Gasteiger partial charge in [-0.2, -0.15) is 0 Å². The second-order valence-electron chi connectivity index (χ2n) is 5.22. The molecule has 0 fully saturated rings. The molecule has 0 amide bonds. The van der Waals surface area contributed by atoms with E-state index in [1.807, 2.05) is 60.7 Å². The summed E-state index contributed by atoms with van der Waals surface area (Å²) in [4.78, 5) is 0. The summed E-state index contributed by atoms with van der Waals surface area (Å²) in [5.41, 5.74) is 4.09. The highest BCUT2D eigenvalue weighted by atomic mass is 32.1. The number of hydrogen-bond acceptors (Lipinski definition) is 2. The molecule has 3 aromatic rings. The molecule has 24 heavy (non-hydrogen) atoms. The number of methoxy groups -OCH3 is 1. The molecule has 2 N–H and O–H groups in total. The molecule has 0 aliphatic heterocycles. The van der Waals surface area contributed by atoms with Crippen LogP contribution in [0.4, 0.5) is 11.4 Å². The van der Waals surface area contributed by atoms with Crippen molar-refractivity contribution in [3.8, 4) is 16.9 Å². The first-order valence-electron chi connectivity index (χ1n) is 7.63. The molecule has 0 aromatic heterocycles. The summed E-state index contributed by atoms with van der Waals surface area (Å²) in [6.45, 7) is 0. The molecule has 0 aliphatic carbocycles. The molecule has 3 rings (SSSR count). The molecule has 0 unspecified atom stereocenters. The predicted molar refractivity (Wildman–Crippen MR) is 105 cm³/mol. The number of ether oxygens (including phenoxy) is 1. The van der Waals surface area contributed by atoms with Crippen LogP contribution in [0.2, 0.25) is 0 Å². The van der Waals surface area contributed by atoms with Gasteiger partial charge in [0.1, 0.15) is 5.75 Å². The first-order chi connectivity index (χ1) is 11.8. The van der Waals surface area contributed by atoms with Crippen molar-refractivity contribution in [1.82, 2.24) is 0 Å². The number of nitrogens with one attached hydrogen (secondary N) is 2. The van der Waals surface area contributed by atoms with Crippen molar-refractivity contribution in [2.24, 2.45) is 0 Å². The fourth-order valence-electron chi connectivity index (χ4n) is 2.45. The highest BCUT2D eigenvalue weighted by Crippen LogP contribution is 2.27. The highest BCUT2D eigenvalue weighted by Gasteiger charge is 2.06. The summed E-state index contributed by atoms with van der Waals surface area (Å²) in [5.74, 6) is 0.785. The van der Waals surface area contributed by atoms with E-state index >= 15 is 0 Å². The molecule has 0 radical (unpaired) electrons. The minimum atomic E-state index is 0.534. The van der Waals surface area contributed by atoms with Crippen LogP contribution in [-0.4, -0.2) is 12.2 Å². The van der Waals surface area contributed by atoms with Gasteiger partial charge >= 0.3 is 0 Å². The highest BCUT2D eigenvalue weighted by molar-refractivity contribution is 7.80. The Morgan fingerprint density at radius 1 is 0.833 bits per heavy atom. The molecule has 0 aliphatic rings. The van der Waals surface area contributed by atoms with Crippen LogP contribution in [0.5, 0.6) is 5.75 Å². The Bertz CT molecular complexity index is 834. The molecule has 0 heterocycles. The lowest BCUT2D eigenvalue weighted by Crippen LogP contribution is -2.19. The Morgan fingerprint density at radius 2 is 1.58 bits per heavy atom. The maximum atomic E-state index is 5.44. The van der Waals surface area contributed by atoms with Gasteiger partial charge in [-0.1, -0.05) is 54.6 Å². The molecule has 0 saturated carbocycles. The first kappa shape index (κ1) is 16.0. The minimum absolute atomic E-state index is 0.534.